The van der Waals surface area contributed by atoms with Gasteiger partial charge in [0.05, 0.1) is 0 Å². The minimum atomic E-state index is 0. The molecule has 0 amide bonds. The Morgan fingerprint density at radius 1 is 0.450 bits per heavy atom. The van der Waals surface area contributed by atoms with Crippen LogP contribution in [0.1, 0.15) is 86.0 Å². The van der Waals surface area contributed by atoms with Crippen LogP contribution in [0.2, 0.25) is 0 Å². The summed E-state index contributed by atoms with van der Waals surface area (Å²) in [6, 6.07) is 0. The molecule has 0 saturated carbocycles. The minimum absolute atomic E-state index is 0. The summed E-state index contributed by atoms with van der Waals surface area (Å²) in [5.74, 6) is 0. The predicted molar refractivity (Wildman–Crippen MR) is 86.6 cm³/mol. The maximum Gasteiger partial charge on any atom is 0.0430 e. The van der Waals surface area contributed by atoms with Crippen LogP contribution in [-0.2, 0) is 26.2 Å². The second-order valence-electron chi connectivity index (χ2n) is 4.23. The topological polar surface area (TPSA) is 60.7 Å². The SMILES string of the molecule is CCCC.CCCCO.CCCCO.CCCCO.[Zr]. The maximum absolute atomic E-state index is 8.07. The van der Waals surface area contributed by atoms with Crippen LogP contribution < -0.4 is 0 Å². The smallest absolute Gasteiger partial charge is 0.0430 e. The van der Waals surface area contributed by atoms with E-state index < -0.39 is 0 Å². The van der Waals surface area contributed by atoms with Gasteiger partial charge in [-0.15, -0.1) is 0 Å². The van der Waals surface area contributed by atoms with Gasteiger partial charge in [-0.25, -0.2) is 0 Å². The Balaban J connectivity index is -0.0000000494. The van der Waals surface area contributed by atoms with Crippen LogP contribution in [0.25, 0.3) is 0 Å². The van der Waals surface area contributed by atoms with E-state index in [-0.39, 0.29) is 26.2 Å². The quantitative estimate of drug-likeness (QED) is 0.630. The maximum atomic E-state index is 8.07. The van der Waals surface area contributed by atoms with E-state index >= 15 is 0 Å². The molecule has 0 aliphatic rings. The standard InChI is InChI=1S/3C4H10O.C4H10.Zr/c3*1-2-3-4-5;1-3-4-2;/h3*5H,2-4H2,1H3;3-4H2,1-2H3;. The van der Waals surface area contributed by atoms with Crippen LogP contribution in [0.15, 0.2) is 0 Å². The number of hydrogen-bond donors (Lipinski definition) is 3. The Morgan fingerprint density at radius 2 is 0.650 bits per heavy atom. The Hall–Kier alpha value is 0.763. The van der Waals surface area contributed by atoms with E-state index in [9.17, 15) is 0 Å². The van der Waals surface area contributed by atoms with Crippen LogP contribution in [0.3, 0.4) is 0 Å². The van der Waals surface area contributed by atoms with Crippen LogP contribution in [0, 0.1) is 0 Å². The molecule has 0 heterocycles. The Kier molecular flexibility index (Phi) is 82.1. The molecule has 0 spiro atoms. The molecule has 0 aliphatic heterocycles. The second kappa shape index (κ2) is 50.3. The number of rotatable bonds is 7. The molecule has 0 radical (unpaired) electrons. The van der Waals surface area contributed by atoms with E-state index in [1.54, 1.807) is 0 Å². The Morgan fingerprint density at radius 3 is 0.650 bits per heavy atom. The molecule has 4 heteroatoms. The van der Waals surface area contributed by atoms with Gasteiger partial charge in [0.1, 0.15) is 0 Å². The third-order valence-electron chi connectivity index (χ3n) is 2.04. The molecule has 0 saturated heterocycles. The summed E-state index contributed by atoms with van der Waals surface area (Å²) in [4.78, 5) is 0. The van der Waals surface area contributed by atoms with Gasteiger partial charge in [0.2, 0.25) is 0 Å². The average molecular weight is 372 g/mol. The molecule has 3 nitrogen and oxygen atoms in total. The van der Waals surface area contributed by atoms with Crippen molar-refractivity contribution in [2.45, 2.75) is 86.0 Å². The summed E-state index contributed by atoms with van der Waals surface area (Å²) in [6.45, 7) is 11.5. The van der Waals surface area contributed by atoms with Gasteiger partial charge in [-0.2, -0.15) is 0 Å². The van der Waals surface area contributed by atoms with Crippen molar-refractivity contribution in [1.82, 2.24) is 0 Å². The molecule has 0 rings (SSSR count). The molecule has 3 N–H and O–H groups in total. The molecular weight excluding hydrogens is 331 g/mol. The first kappa shape index (κ1) is 32.6. The van der Waals surface area contributed by atoms with E-state index in [0.717, 1.165) is 38.5 Å². The molecule has 0 atom stereocenters. The van der Waals surface area contributed by atoms with Gasteiger partial charge in [0.25, 0.3) is 0 Å². The van der Waals surface area contributed by atoms with Crippen molar-refractivity contribution in [2.75, 3.05) is 19.8 Å². The third kappa shape index (κ3) is 98.2. The molecule has 126 valence electrons. The van der Waals surface area contributed by atoms with Gasteiger partial charge in [-0.05, 0) is 19.3 Å². The first-order chi connectivity index (χ1) is 9.16. The van der Waals surface area contributed by atoms with E-state index in [1.165, 1.54) is 12.8 Å². The summed E-state index contributed by atoms with van der Waals surface area (Å²) in [5, 5.41) is 24.2. The predicted octanol–water partition coefficient (Wildman–Crippen LogP) is 4.14. The molecule has 0 bridgehead atoms. The van der Waals surface area contributed by atoms with Gasteiger partial charge in [0, 0.05) is 46.0 Å². The molecule has 20 heavy (non-hydrogen) atoms. The molecule has 0 aromatic rings. The van der Waals surface area contributed by atoms with Crippen LogP contribution in [-0.4, -0.2) is 35.1 Å². The van der Waals surface area contributed by atoms with E-state index in [2.05, 4.69) is 34.6 Å². The summed E-state index contributed by atoms with van der Waals surface area (Å²) in [7, 11) is 0. The van der Waals surface area contributed by atoms with Gasteiger partial charge in [0.15, 0.2) is 0 Å². The summed E-state index contributed by atoms with van der Waals surface area (Å²) < 4.78 is 0. The van der Waals surface area contributed by atoms with Crippen molar-refractivity contribution >= 4 is 0 Å². The fourth-order valence-corrected chi connectivity index (χ4v) is 0.474. The first-order valence-corrected chi connectivity index (χ1v) is 7.98. The molecular formula is C16H40O3Zr. The molecule has 0 fully saturated rings. The van der Waals surface area contributed by atoms with Crippen molar-refractivity contribution in [3.05, 3.63) is 0 Å². The minimum Gasteiger partial charge on any atom is -0.396 e. The zero-order valence-corrected chi connectivity index (χ0v) is 17.1. The molecule has 0 unspecified atom stereocenters. The zero-order valence-electron chi connectivity index (χ0n) is 14.6. The van der Waals surface area contributed by atoms with E-state index in [0.29, 0.717) is 19.8 Å². The number of unbranched alkanes of at least 4 members (excludes halogenated alkanes) is 4. The monoisotopic (exact) mass is 370 g/mol. The second-order valence-corrected chi connectivity index (χ2v) is 4.23. The Bertz CT molecular complexity index is 71.5. The number of aliphatic hydroxyl groups is 3. The normalized spacial score (nSPS) is 7.80. The fourth-order valence-electron chi connectivity index (χ4n) is 0.474. The van der Waals surface area contributed by atoms with Gasteiger partial charge < -0.3 is 15.3 Å². The van der Waals surface area contributed by atoms with Crippen molar-refractivity contribution in [1.29, 1.82) is 0 Å². The number of aliphatic hydroxyl groups excluding tert-OH is 3. The largest absolute Gasteiger partial charge is 0.396 e. The van der Waals surface area contributed by atoms with Crippen molar-refractivity contribution in [2.24, 2.45) is 0 Å². The summed E-state index contributed by atoms with van der Waals surface area (Å²) in [6.07, 6.45) is 8.75. The third-order valence-corrected chi connectivity index (χ3v) is 2.04. The van der Waals surface area contributed by atoms with E-state index in [4.69, 9.17) is 15.3 Å². The number of hydrogen-bond acceptors (Lipinski definition) is 3. The van der Waals surface area contributed by atoms with Crippen LogP contribution >= 0.6 is 0 Å². The van der Waals surface area contributed by atoms with Crippen molar-refractivity contribution in [3.63, 3.8) is 0 Å². The van der Waals surface area contributed by atoms with Crippen molar-refractivity contribution in [3.8, 4) is 0 Å². The zero-order chi connectivity index (χ0) is 15.8. The van der Waals surface area contributed by atoms with E-state index in [1.807, 2.05) is 0 Å². The summed E-state index contributed by atoms with van der Waals surface area (Å²) in [5.41, 5.74) is 0. The van der Waals surface area contributed by atoms with Crippen LogP contribution in [0.4, 0.5) is 0 Å². The molecule has 0 aliphatic carbocycles. The molecule has 0 aromatic carbocycles. The van der Waals surface area contributed by atoms with Crippen molar-refractivity contribution < 1.29 is 41.5 Å². The van der Waals surface area contributed by atoms with Crippen LogP contribution in [0.5, 0.6) is 0 Å². The van der Waals surface area contributed by atoms with Gasteiger partial charge in [-0.1, -0.05) is 66.7 Å². The van der Waals surface area contributed by atoms with Gasteiger partial charge >= 0.3 is 0 Å². The van der Waals surface area contributed by atoms with Gasteiger partial charge in [-0.3, -0.25) is 0 Å². The fraction of sp³-hybridized carbons (Fsp3) is 1.00. The summed E-state index contributed by atoms with van der Waals surface area (Å²) >= 11 is 0. The molecule has 0 aromatic heterocycles. The Labute approximate surface area is 147 Å². The first-order valence-electron chi connectivity index (χ1n) is 7.98. The average Bonchev–Trinajstić information content (AvgIpc) is 2.43.